The van der Waals surface area contributed by atoms with Crippen LogP contribution in [0.15, 0.2) is 35.5 Å². The van der Waals surface area contributed by atoms with Crippen LogP contribution in [0.1, 0.15) is 100 Å². The number of aliphatic hydroxyl groups excluding tert-OH is 1. The maximum atomic E-state index is 12.8. The standard InChI is InChI=1S/C31H48O2/c1-19(2)20(3)10-11-21(4)24-18-27(33)31(9)23-12-13-25-28(5,6)26(32)15-16-29(25,7)22(23)14-17-30(24,31)8/h12,14,19,21,24-25,27,33H,3,10-11,13,15-18H2,1-2,4-9H3. The highest BCUT2D eigenvalue weighted by Crippen LogP contribution is 2.71. The molecule has 7 atom stereocenters. The van der Waals surface area contributed by atoms with Crippen molar-refractivity contribution in [3.05, 3.63) is 35.5 Å². The Kier molecular flexibility index (Phi) is 6.00. The van der Waals surface area contributed by atoms with E-state index in [4.69, 9.17) is 0 Å². The first-order valence-electron chi connectivity index (χ1n) is 13.5. The predicted octanol–water partition coefficient (Wildman–Crippen LogP) is 7.68. The molecule has 0 aromatic rings. The van der Waals surface area contributed by atoms with Crippen LogP contribution in [0.3, 0.4) is 0 Å². The summed E-state index contributed by atoms with van der Waals surface area (Å²) in [6.45, 7) is 22.7. The van der Waals surface area contributed by atoms with Crippen molar-refractivity contribution < 1.29 is 9.90 Å². The topological polar surface area (TPSA) is 37.3 Å². The third-order valence-electron chi connectivity index (χ3n) is 11.6. The highest BCUT2D eigenvalue weighted by Gasteiger charge is 2.66. The zero-order valence-corrected chi connectivity index (χ0v) is 22.6. The van der Waals surface area contributed by atoms with Crippen molar-refractivity contribution in [2.45, 2.75) is 106 Å². The molecule has 7 unspecified atom stereocenters. The van der Waals surface area contributed by atoms with E-state index in [2.05, 4.69) is 74.1 Å². The fourth-order valence-corrected chi connectivity index (χ4v) is 8.66. The van der Waals surface area contributed by atoms with Crippen molar-refractivity contribution in [1.82, 2.24) is 0 Å². The van der Waals surface area contributed by atoms with Crippen LogP contribution in [0.25, 0.3) is 0 Å². The normalized spacial score (nSPS) is 42.7. The van der Waals surface area contributed by atoms with Crippen LogP contribution in [0.2, 0.25) is 0 Å². The van der Waals surface area contributed by atoms with Crippen molar-refractivity contribution in [2.24, 2.45) is 45.3 Å². The molecule has 0 bridgehead atoms. The molecule has 2 nitrogen and oxygen atoms in total. The summed E-state index contributed by atoms with van der Waals surface area (Å²) in [7, 11) is 0. The first kappa shape index (κ1) is 25.0. The van der Waals surface area contributed by atoms with Gasteiger partial charge in [-0.3, -0.25) is 4.79 Å². The van der Waals surface area contributed by atoms with E-state index in [1.54, 1.807) is 0 Å². The molecule has 184 valence electrons. The Morgan fingerprint density at radius 1 is 1.12 bits per heavy atom. The van der Waals surface area contributed by atoms with Crippen molar-refractivity contribution >= 4 is 5.78 Å². The molecule has 2 saturated carbocycles. The van der Waals surface area contributed by atoms with Crippen LogP contribution < -0.4 is 0 Å². The molecule has 0 amide bonds. The third kappa shape index (κ3) is 3.33. The van der Waals surface area contributed by atoms with Gasteiger partial charge in [0.1, 0.15) is 5.78 Å². The van der Waals surface area contributed by atoms with Gasteiger partial charge in [0, 0.05) is 17.3 Å². The number of Topliss-reactive ketones (excluding diaryl/α,β-unsaturated/α-hetero) is 1. The van der Waals surface area contributed by atoms with Crippen LogP contribution in [0, 0.1) is 45.3 Å². The number of hydrogen-bond acceptors (Lipinski definition) is 2. The number of allylic oxidation sites excluding steroid dienone is 4. The Morgan fingerprint density at radius 2 is 1.79 bits per heavy atom. The van der Waals surface area contributed by atoms with E-state index in [1.165, 1.54) is 16.7 Å². The second kappa shape index (κ2) is 7.94. The number of carbonyl (C=O) groups excluding carboxylic acids is 1. The Balaban J connectivity index is 1.69. The third-order valence-corrected chi connectivity index (χ3v) is 11.6. The minimum Gasteiger partial charge on any atom is -0.392 e. The first-order chi connectivity index (χ1) is 15.2. The number of fused-ring (bicyclic) bond motifs is 5. The molecule has 0 radical (unpaired) electrons. The second-order valence-corrected chi connectivity index (χ2v) is 13.6. The first-order valence-corrected chi connectivity index (χ1v) is 13.5. The summed E-state index contributed by atoms with van der Waals surface area (Å²) < 4.78 is 0. The Bertz CT molecular complexity index is 904. The summed E-state index contributed by atoms with van der Waals surface area (Å²) in [6.07, 6.45) is 11.4. The Labute approximate surface area is 203 Å². The number of carbonyl (C=O) groups is 1. The second-order valence-electron chi connectivity index (χ2n) is 13.6. The number of ketones is 1. The van der Waals surface area contributed by atoms with Gasteiger partial charge in [-0.1, -0.05) is 79.7 Å². The van der Waals surface area contributed by atoms with Gasteiger partial charge in [-0.15, -0.1) is 0 Å². The number of hydrogen-bond donors (Lipinski definition) is 1. The van der Waals surface area contributed by atoms with Crippen molar-refractivity contribution in [1.29, 1.82) is 0 Å². The maximum Gasteiger partial charge on any atom is 0.138 e. The fourth-order valence-electron chi connectivity index (χ4n) is 8.66. The molecule has 1 N–H and O–H groups in total. The minimum atomic E-state index is -0.309. The molecule has 4 aliphatic carbocycles. The molecular weight excluding hydrogens is 404 g/mol. The number of rotatable bonds is 5. The molecule has 0 saturated heterocycles. The van der Waals surface area contributed by atoms with Crippen LogP contribution in [0.5, 0.6) is 0 Å². The van der Waals surface area contributed by atoms with E-state index in [0.717, 1.165) is 38.5 Å². The van der Waals surface area contributed by atoms with Crippen molar-refractivity contribution in [2.75, 3.05) is 0 Å². The van der Waals surface area contributed by atoms with Crippen LogP contribution in [0.4, 0.5) is 0 Å². The molecule has 4 aliphatic rings. The summed E-state index contributed by atoms with van der Waals surface area (Å²) >= 11 is 0. The molecule has 2 fully saturated rings. The summed E-state index contributed by atoms with van der Waals surface area (Å²) in [5, 5.41) is 11.7. The van der Waals surface area contributed by atoms with Crippen molar-refractivity contribution in [3.8, 4) is 0 Å². The SMILES string of the molecule is C=C(CCC(C)C1CC(O)C2(C)C3=CCC4C(C)(C)C(=O)CCC4(C)C3=CCC12C)C(C)C. The van der Waals surface area contributed by atoms with Gasteiger partial charge in [-0.05, 0) is 84.2 Å². The van der Waals surface area contributed by atoms with Gasteiger partial charge in [-0.25, -0.2) is 0 Å². The molecule has 0 aromatic carbocycles. The molecule has 33 heavy (non-hydrogen) atoms. The van der Waals surface area contributed by atoms with Gasteiger partial charge >= 0.3 is 0 Å². The summed E-state index contributed by atoms with van der Waals surface area (Å²) in [5.41, 5.74) is 3.82. The lowest BCUT2D eigenvalue weighted by atomic mass is 9.44. The number of aliphatic hydroxyl groups is 1. The molecule has 4 rings (SSSR count). The van der Waals surface area contributed by atoms with E-state index in [9.17, 15) is 9.90 Å². The van der Waals surface area contributed by atoms with Crippen LogP contribution in [-0.4, -0.2) is 17.0 Å². The Morgan fingerprint density at radius 3 is 2.42 bits per heavy atom. The summed E-state index contributed by atoms with van der Waals surface area (Å²) in [4.78, 5) is 12.8. The van der Waals surface area contributed by atoms with E-state index in [1.807, 2.05) is 0 Å². The van der Waals surface area contributed by atoms with Crippen LogP contribution >= 0.6 is 0 Å². The molecular formula is C31H48O2. The lowest BCUT2D eigenvalue weighted by molar-refractivity contribution is -0.138. The predicted molar refractivity (Wildman–Crippen MR) is 138 cm³/mol. The van der Waals surface area contributed by atoms with Gasteiger partial charge < -0.3 is 5.11 Å². The summed E-state index contributed by atoms with van der Waals surface area (Å²) in [6, 6.07) is 0. The highest BCUT2D eigenvalue weighted by molar-refractivity contribution is 5.86. The van der Waals surface area contributed by atoms with E-state index >= 15 is 0 Å². The average molecular weight is 453 g/mol. The molecule has 0 aliphatic heterocycles. The highest BCUT2D eigenvalue weighted by atomic mass is 16.3. The van der Waals surface area contributed by atoms with Gasteiger partial charge in [0.15, 0.2) is 0 Å². The van der Waals surface area contributed by atoms with Crippen LogP contribution in [-0.2, 0) is 4.79 Å². The Hall–Kier alpha value is -1.15. The zero-order chi connectivity index (χ0) is 24.6. The van der Waals surface area contributed by atoms with Gasteiger partial charge in [0.2, 0.25) is 0 Å². The van der Waals surface area contributed by atoms with Crippen molar-refractivity contribution in [3.63, 3.8) is 0 Å². The average Bonchev–Trinajstić information content (AvgIpc) is 2.96. The van der Waals surface area contributed by atoms with Gasteiger partial charge in [0.25, 0.3) is 0 Å². The quantitative estimate of drug-likeness (QED) is 0.434. The molecule has 2 heteroatoms. The zero-order valence-electron chi connectivity index (χ0n) is 22.6. The van der Waals surface area contributed by atoms with Gasteiger partial charge in [-0.2, -0.15) is 0 Å². The fraction of sp³-hybridized carbons (Fsp3) is 0.774. The molecule has 0 aromatic heterocycles. The van der Waals surface area contributed by atoms with E-state index in [-0.39, 0.29) is 27.8 Å². The monoisotopic (exact) mass is 452 g/mol. The minimum absolute atomic E-state index is 0.0320. The van der Waals surface area contributed by atoms with E-state index < -0.39 is 0 Å². The maximum absolute atomic E-state index is 12.8. The smallest absolute Gasteiger partial charge is 0.138 e. The lowest BCUT2D eigenvalue weighted by Crippen LogP contribution is -2.54. The largest absolute Gasteiger partial charge is 0.392 e. The van der Waals surface area contributed by atoms with Gasteiger partial charge in [0.05, 0.1) is 6.10 Å². The lowest BCUT2D eigenvalue weighted by Gasteiger charge is -2.60. The molecule has 0 spiro atoms. The summed E-state index contributed by atoms with van der Waals surface area (Å²) in [5.74, 6) is 2.39. The van der Waals surface area contributed by atoms with E-state index in [0.29, 0.717) is 35.9 Å². The molecule has 0 heterocycles.